The van der Waals surface area contributed by atoms with Crippen molar-refractivity contribution in [3.8, 4) is 0 Å². The number of carbonyl (C=O) groups excluding carboxylic acids is 1. The molecule has 2 fully saturated rings. The van der Waals surface area contributed by atoms with Gasteiger partial charge in [-0.05, 0) is 55.9 Å². The molecule has 2 unspecified atom stereocenters. The maximum Gasteiger partial charge on any atom is 0.243 e. The first-order valence-electron chi connectivity index (χ1n) is 10.6. The minimum Gasteiger partial charge on any atom is -0.373 e. The number of aromatic nitrogens is 3. The molecule has 0 spiro atoms. The van der Waals surface area contributed by atoms with Gasteiger partial charge in [-0.25, -0.2) is 9.97 Å². The highest BCUT2D eigenvalue weighted by Gasteiger charge is 2.37. The SMILES string of the molecule is O=C(NC1CCCN(c2ncnc3[nH]ccc23)C1)C(Nc1cc(Cl)cc(Cl)c1)C1CC1. The largest absolute Gasteiger partial charge is 0.373 e. The average molecular weight is 459 g/mol. The number of nitrogens with zero attached hydrogens (tertiary/aromatic N) is 3. The van der Waals surface area contributed by atoms with Crippen molar-refractivity contribution in [2.24, 2.45) is 5.92 Å². The molecule has 1 aliphatic carbocycles. The van der Waals surface area contributed by atoms with Gasteiger partial charge in [-0.3, -0.25) is 4.79 Å². The van der Waals surface area contributed by atoms with E-state index >= 15 is 0 Å². The summed E-state index contributed by atoms with van der Waals surface area (Å²) in [5.74, 6) is 1.27. The van der Waals surface area contributed by atoms with Crippen LogP contribution in [0.25, 0.3) is 11.0 Å². The van der Waals surface area contributed by atoms with Crippen LogP contribution >= 0.6 is 23.2 Å². The van der Waals surface area contributed by atoms with Crippen molar-refractivity contribution >= 4 is 51.6 Å². The summed E-state index contributed by atoms with van der Waals surface area (Å²) in [6.07, 6.45) is 7.49. The Kier molecular flexibility index (Phi) is 5.63. The van der Waals surface area contributed by atoms with Crippen molar-refractivity contribution in [3.63, 3.8) is 0 Å². The van der Waals surface area contributed by atoms with Crippen molar-refractivity contribution < 1.29 is 4.79 Å². The molecule has 9 heteroatoms. The zero-order valence-corrected chi connectivity index (χ0v) is 18.5. The standard InChI is InChI=1S/C22H24Cl2N6O/c23-14-8-15(24)10-17(9-14)28-19(13-3-4-13)22(31)29-16-2-1-7-30(11-16)21-18-5-6-25-20(18)26-12-27-21/h5-6,8-10,12-13,16,19,28H,1-4,7,11H2,(H,29,31)(H,25,26,27). The van der Waals surface area contributed by atoms with Crippen LogP contribution in [0.2, 0.25) is 10.0 Å². The van der Waals surface area contributed by atoms with E-state index in [4.69, 9.17) is 23.2 Å². The first kappa shape index (κ1) is 20.4. The van der Waals surface area contributed by atoms with E-state index in [0.717, 1.165) is 61.3 Å². The first-order valence-corrected chi connectivity index (χ1v) is 11.4. The van der Waals surface area contributed by atoms with Crippen molar-refractivity contribution in [3.05, 3.63) is 46.8 Å². The Morgan fingerprint density at radius 1 is 1.16 bits per heavy atom. The molecule has 1 saturated heterocycles. The van der Waals surface area contributed by atoms with Crippen LogP contribution in [0.4, 0.5) is 11.5 Å². The van der Waals surface area contributed by atoms with Gasteiger partial charge >= 0.3 is 0 Å². The number of benzene rings is 1. The topological polar surface area (TPSA) is 85.9 Å². The van der Waals surface area contributed by atoms with Gasteiger partial charge in [-0.15, -0.1) is 0 Å². The minimum absolute atomic E-state index is 0.0277. The lowest BCUT2D eigenvalue weighted by atomic mass is 10.0. The number of fused-ring (bicyclic) bond motifs is 1. The molecular weight excluding hydrogens is 435 g/mol. The van der Waals surface area contributed by atoms with Gasteiger partial charge in [-0.1, -0.05) is 23.2 Å². The van der Waals surface area contributed by atoms with Crippen LogP contribution in [0.1, 0.15) is 25.7 Å². The molecule has 3 heterocycles. The molecule has 1 amide bonds. The number of piperidine rings is 1. The first-order chi connectivity index (χ1) is 15.1. The fourth-order valence-corrected chi connectivity index (χ4v) is 4.86. The molecule has 5 rings (SSSR count). The maximum absolute atomic E-state index is 13.2. The number of hydrogen-bond donors (Lipinski definition) is 3. The molecule has 0 radical (unpaired) electrons. The third kappa shape index (κ3) is 4.57. The van der Waals surface area contributed by atoms with Crippen LogP contribution in [-0.2, 0) is 4.79 Å². The Balaban J connectivity index is 1.28. The summed E-state index contributed by atoms with van der Waals surface area (Å²) in [6.45, 7) is 1.64. The molecule has 31 heavy (non-hydrogen) atoms. The highest BCUT2D eigenvalue weighted by atomic mass is 35.5. The van der Waals surface area contributed by atoms with E-state index in [1.165, 1.54) is 0 Å². The summed E-state index contributed by atoms with van der Waals surface area (Å²) < 4.78 is 0. The Hall–Kier alpha value is -2.51. The molecule has 0 bridgehead atoms. The molecule has 3 aromatic rings. The molecule has 1 aliphatic heterocycles. The highest BCUT2D eigenvalue weighted by molar-refractivity contribution is 6.35. The van der Waals surface area contributed by atoms with E-state index < -0.39 is 0 Å². The highest BCUT2D eigenvalue weighted by Crippen LogP contribution is 2.35. The van der Waals surface area contributed by atoms with Crippen LogP contribution in [0, 0.1) is 5.92 Å². The predicted molar refractivity (Wildman–Crippen MR) is 124 cm³/mol. The lowest BCUT2D eigenvalue weighted by molar-refractivity contribution is -0.123. The van der Waals surface area contributed by atoms with E-state index in [9.17, 15) is 4.79 Å². The third-order valence-electron chi connectivity index (χ3n) is 5.96. The van der Waals surface area contributed by atoms with E-state index in [0.29, 0.717) is 16.0 Å². The van der Waals surface area contributed by atoms with E-state index in [1.807, 2.05) is 12.3 Å². The Bertz CT molecular complexity index is 1080. The third-order valence-corrected chi connectivity index (χ3v) is 6.40. The zero-order chi connectivity index (χ0) is 21.4. The second-order valence-corrected chi connectivity index (χ2v) is 9.22. The van der Waals surface area contributed by atoms with Gasteiger partial charge in [-0.2, -0.15) is 0 Å². The maximum atomic E-state index is 13.2. The van der Waals surface area contributed by atoms with Crippen LogP contribution in [0.3, 0.4) is 0 Å². The number of halogens is 2. The number of hydrogen-bond acceptors (Lipinski definition) is 5. The molecule has 7 nitrogen and oxygen atoms in total. The van der Waals surface area contributed by atoms with E-state index in [2.05, 4.69) is 30.5 Å². The molecule has 1 saturated carbocycles. The molecule has 162 valence electrons. The normalized spacial score (nSPS) is 19.9. The molecule has 2 aliphatic rings. The predicted octanol–water partition coefficient (Wildman–Crippen LogP) is 4.24. The summed E-state index contributed by atoms with van der Waals surface area (Å²) >= 11 is 12.3. The van der Waals surface area contributed by atoms with Gasteiger partial charge < -0.3 is 20.5 Å². The zero-order valence-electron chi connectivity index (χ0n) is 16.9. The summed E-state index contributed by atoms with van der Waals surface area (Å²) in [5.41, 5.74) is 1.60. The number of aromatic amines is 1. The monoisotopic (exact) mass is 458 g/mol. The average Bonchev–Trinajstić information content (AvgIpc) is 3.46. The lowest BCUT2D eigenvalue weighted by Crippen LogP contribution is -2.52. The lowest BCUT2D eigenvalue weighted by Gasteiger charge is -2.35. The van der Waals surface area contributed by atoms with Crippen LogP contribution in [0.5, 0.6) is 0 Å². The molecule has 2 atom stereocenters. The molecule has 1 aromatic carbocycles. The fraction of sp³-hybridized carbons (Fsp3) is 0.409. The Labute approximate surface area is 190 Å². The summed E-state index contributed by atoms with van der Waals surface area (Å²) in [4.78, 5) is 27.3. The second kappa shape index (κ2) is 8.55. The van der Waals surface area contributed by atoms with Crippen LogP contribution in [-0.4, -0.2) is 46.0 Å². The molecule has 2 aromatic heterocycles. The quantitative estimate of drug-likeness (QED) is 0.514. The number of amides is 1. The summed E-state index contributed by atoms with van der Waals surface area (Å²) in [7, 11) is 0. The Morgan fingerprint density at radius 2 is 1.97 bits per heavy atom. The van der Waals surface area contributed by atoms with Gasteiger partial charge in [0.25, 0.3) is 0 Å². The van der Waals surface area contributed by atoms with Gasteiger partial charge in [0.1, 0.15) is 23.8 Å². The molecular formula is C22H24Cl2N6O. The second-order valence-electron chi connectivity index (χ2n) is 8.35. The van der Waals surface area contributed by atoms with Gasteiger partial charge in [0.05, 0.1) is 5.39 Å². The van der Waals surface area contributed by atoms with Crippen molar-refractivity contribution in [1.29, 1.82) is 0 Å². The van der Waals surface area contributed by atoms with E-state index in [-0.39, 0.29) is 18.0 Å². The summed E-state index contributed by atoms with van der Waals surface area (Å²) in [5, 5.41) is 8.73. The Morgan fingerprint density at radius 3 is 2.74 bits per heavy atom. The van der Waals surface area contributed by atoms with Gasteiger partial charge in [0.2, 0.25) is 5.91 Å². The van der Waals surface area contributed by atoms with Crippen molar-refractivity contribution in [1.82, 2.24) is 20.3 Å². The number of nitrogens with one attached hydrogen (secondary N) is 3. The van der Waals surface area contributed by atoms with Crippen molar-refractivity contribution in [2.45, 2.75) is 37.8 Å². The number of rotatable bonds is 6. The van der Waals surface area contributed by atoms with Crippen LogP contribution in [0.15, 0.2) is 36.8 Å². The van der Waals surface area contributed by atoms with Gasteiger partial charge in [0.15, 0.2) is 0 Å². The number of anilines is 2. The van der Waals surface area contributed by atoms with Gasteiger partial charge in [0, 0.05) is 41.1 Å². The number of carbonyl (C=O) groups is 1. The van der Waals surface area contributed by atoms with E-state index in [1.54, 1.807) is 24.5 Å². The molecule has 3 N–H and O–H groups in total. The summed E-state index contributed by atoms with van der Waals surface area (Å²) in [6, 6.07) is 7.06. The smallest absolute Gasteiger partial charge is 0.243 e. The minimum atomic E-state index is -0.291. The van der Waals surface area contributed by atoms with Crippen molar-refractivity contribution in [2.75, 3.05) is 23.3 Å². The number of H-pyrrole nitrogens is 1. The fourth-order valence-electron chi connectivity index (χ4n) is 4.33. The van der Waals surface area contributed by atoms with Crippen LogP contribution < -0.4 is 15.5 Å².